The summed E-state index contributed by atoms with van der Waals surface area (Å²) in [4.78, 5) is 4.32. The normalized spacial score (nSPS) is 20.0. The molecule has 1 fully saturated rings. The van der Waals surface area contributed by atoms with E-state index in [-0.39, 0.29) is 11.2 Å². The van der Waals surface area contributed by atoms with Crippen molar-refractivity contribution in [2.75, 3.05) is 13.7 Å². The summed E-state index contributed by atoms with van der Waals surface area (Å²) in [6, 6.07) is 3.67. The quantitative estimate of drug-likeness (QED) is 0.786. The summed E-state index contributed by atoms with van der Waals surface area (Å²) >= 11 is 0. The molecule has 0 aliphatic carbocycles. The third-order valence-electron chi connectivity index (χ3n) is 3.86. The number of rotatable bonds is 4. The van der Waals surface area contributed by atoms with Crippen molar-refractivity contribution in [3.63, 3.8) is 0 Å². The SMILES string of the molecule is CCOc1ccc(B2OC(C)(C)C(C)(C)O2)c(OC)n1. The Balaban J connectivity index is 2.30. The molecule has 110 valence electrons. The molecule has 1 saturated heterocycles. The van der Waals surface area contributed by atoms with Crippen molar-refractivity contribution in [1.82, 2.24) is 4.98 Å². The molecule has 6 heteroatoms. The minimum absolute atomic E-state index is 0.388. The predicted molar refractivity (Wildman–Crippen MR) is 77.7 cm³/mol. The molecule has 5 nitrogen and oxygen atoms in total. The van der Waals surface area contributed by atoms with Crippen LogP contribution < -0.4 is 14.9 Å². The van der Waals surface area contributed by atoms with Crippen molar-refractivity contribution in [1.29, 1.82) is 0 Å². The van der Waals surface area contributed by atoms with E-state index < -0.39 is 7.12 Å². The van der Waals surface area contributed by atoms with Crippen LogP contribution in [0.5, 0.6) is 11.8 Å². The van der Waals surface area contributed by atoms with E-state index in [1.807, 2.05) is 40.7 Å². The van der Waals surface area contributed by atoms with Gasteiger partial charge in [-0.1, -0.05) is 6.07 Å². The van der Waals surface area contributed by atoms with Gasteiger partial charge in [-0.2, -0.15) is 4.98 Å². The van der Waals surface area contributed by atoms with Crippen LogP contribution in [0.2, 0.25) is 0 Å². The number of hydrogen-bond donors (Lipinski definition) is 0. The van der Waals surface area contributed by atoms with Gasteiger partial charge in [0.2, 0.25) is 11.8 Å². The van der Waals surface area contributed by atoms with Crippen LogP contribution in [-0.2, 0) is 9.31 Å². The Bertz CT molecular complexity index is 474. The third kappa shape index (κ3) is 2.62. The molecule has 2 rings (SSSR count). The molecule has 0 N–H and O–H groups in total. The maximum atomic E-state index is 6.01. The van der Waals surface area contributed by atoms with Gasteiger partial charge in [-0.15, -0.1) is 0 Å². The Morgan fingerprint density at radius 1 is 1.15 bits per heavy atom. The highest BCUT2D eigenvalue weighted by Gasteiger charge is 2.52. The van der Waals surface area contributed by atoms with Crippen LogP contribution in [0.3, 0.4) is 0 Å². The fourth-order valence-corrected chi connectivity index (χ4v) is 1.98. The number of nitrogens with zero attached hydrogens (tertiary/aromatic N) is 1. The molecule has 0 aromatic carbocycles. The predicted octanol–water partition coefficient (Wildman–Crippen LogP) is 1.79. The zero-order valence-corrected chi connectivity index (χ0v) is 13.0. The molecule has 1 aromatic heterocycles. The van der Waals surface area contributed by atoms with Gasteiger partial charge >= 0.3 is 7.12 Å². The van der Waals surface area contributed by atoms with Gasteiger partial charge in [-0.3, -0.25) is 0 Å². The molecule has 0 spiro atoms. The molecular formula is C14H22BNO4. The largest absolute Gasteiger partial charge is 0.500 e. The van der Waals surface area contributed by atoms with Crippen LogP contribution in [0.1, 0.15) is 34.6 Å². The summed E-state index contributed by atoms with van der Waals surface area (Å²) in [5.41, 5.74) is -0.00248. The highest BCUT2D eigenvalue weighted by atomic mass is 16.7. The van der Waals surface area contributed by atoms with Crippen molar-refractivity contribution in [2.45, 2.75) is 45.8 Å². The van der Waals surface area contributed by atoms with E-state index >= 15 is 0 Å². The first-order chi connectivity index (χ1) is 9.30. The number of pyridine rings is 1. The minimum Gasteiger partial charge on any atom is -0.481 e. The first kappa shape index (κ1) is 15.1. The maximum absolute atomic E-state index is 6.01. The average Bonchev–Trinajstić information content (AvgIpc) is 2.58. The van der Waals surface area contributed by atoms with Gasteiger partial charge in [-0.25, -0.2) is 0 Å². The molecule has 0 atom stereocenters. The molecule has 1 aliphatic heterocycles. The third-order valence-corrected chi connectivity index (χ3v) is 3.86. The van der Waals surface area contributed by atoms with E-state index in [1.165, 1.54) is 0 Å². The summed E-state index contributed by atoms with van der Waals surface area (Å²) in [5, 5.41) is 0. The van der Waals surface area contributed by atoms with Gasteiger partial charge in [0.1, 0.15) is 0 Å². The van der Waals surface area contributed by atoms with Crippen LogP contribution in [-0.4, -0.2) is 37.0 Å². The minimum atomic E-state index is -0.488. The molecule has 1 aromatic rings. The fraction of sp³-hybridized carbons (Fsp3) is 0.643. The zero-order chi connectivity index (χ0) is 15.0. The van der Waals surface area contributed by atoms with Crippen molar-refractivity contribution in [2.24, 2.45) is 0 Å². The molecular weight excluding hydrogens is 257 g/mol. The lowest BCUT2D eigenvalue weighted by atomic mass is 9.80. The van der Waals surface area contributed by atoms with E-state index in [2.05, 4.69) is 4.98 Å². The Morgan fingerprint density at radius 2 is 1.75 bits per heavy atom. The standard InChI is InChI=1S/C14H22BNO4/c1-7-18-11-9-8-10(12(16-11)17-6)15-19-13(2,3)14(4,5)20-15/h8-9H,7H2,1-6H3. The first-order valence-electron chi connectivity index (χ1n) is 6.84. The van der Waals surface area contributed by atoms with Crippen LogP contribution >= 0.6 is 0 Å². The van der Waals surface area contributed by atoms with Gasteiger partial charge in [0.25, 0.3) is 0 Å². The number of hydrogen-bond acceptors (Lipinski definition) is 5. The summed E-state index contributed by atoms with van der Waals surface area (Å²) < 4.78 is 22.7. The second-order valence-electron chi connectivity index (χ2n) is 5.77. The van der Waals surface area contributed by atoms with E-state index in [4.69, 9.17) is 18.8 Å². The molecule has 1 aliphatic rings. The smallest absolute Gasteiger partial charge is 0.481 e. The van der Waals surface area contributed by atoms with Gasteiger partial charge in [0, 0.05) is 11.5 Å². The number of methoxy groups -OCH3 is 1. The molecule has 0 unspecified atom stereocenters. The van der Waals surface area contributed by atoms with Crippen LogP contribution in [0.25, 0.3) is 0 Å². The van der Waals surface area contributed by atoms with Crippen LogP contribution in [0, 0.1) is 0 Å². The molecule has 0 saturated carbocycles. The lowest BCUT2D eigenvalue weighted by Crippen LogP contribution is -2.41. The average molecular weight is 279 g/mol. The Hall–Kier alpha value is -1.27. The molecule has 0 radical (unpaired) electrons. The monoisotopic (exact) mass is 279 g/mol. The van der Waals surface area contributed by atoms with Gasteiger partial charge < -0.3 is 18.8 Å². The zero-order valence-electron chi connectivity index (χ0n) is 13.0. The van der Waals surface area contributed by atoms with Crippen LogP contribution in [0.4, 0.5) is 0 Å². The van der Waals surface area contributed by atoms with Gasteiger partial charge in [0.05, 0.1) is 24.9 Å². The molecule has 0 bridgehead atoms. The lowest BCUT2D eigenvalue weighted by molar-refractivity contribution is 0.00578. The van der Waals surface area contributed by atoms with Crippen molar-refractivity contribution >= 4 is 12.6 Å². The van der Waals surface area contributed by atoms with Gasteiger partial charge in [-0.05, 0) is 34.6 Å². The highest BCUT2D eigenvalue weighted by molar-refractivity contribution is 6.63. The topological polar surface area (TPSA) is 49.8 Å². The lowest BCUT2D eigenvalue weighted by Gasteiger charge is -2.32. The van der Waals surface area contributed by atoms with E-state index in [0.29, 0.717) is 18.4 Å². The van der Waals surface area contributed by atoms with E-state index in [9.17, 15) is 0 Å². The van der Waals surface area contributed by atoms with E-state index in [0.717, 1.165) is 5.46 Å². The molecule has 20 heavy (non-hydrogen) atoms. The van der Waals surface area contributed by atoms with Crippen molar-refractivity contribution in [3.8, 4) is 11.8 Å². The molecule has 0 amide bonds. The summed E-state index contributed by atoms with van der Waals surface area (Å²) in [5.74, 6) is 0.999. The van der Waals surface area contributed by atoms with Crippen molar-refractivity contribution in [3.05, 3.63) is 12.1 Å². The number of ether oxygens (including phenoxy) is 2. The van der Waals surface area contributed by atoms with Crippen LogP contribution in [0.15, 0.2) is 12.1 Å². The Kier molecular flexibility index (Phi) is 3.98. The Labute approximate surface area is 120 Å². The summed E-state index contributed by atoms with van der Waals surface area (Å²) in [7, 11) is 1.09. The second-order valence-corrected chi connectivity index (χ2v) is 5.77. The number of aromatic nitrogens is 1. The first-order valence-corrected chi connectivity index (χ1v) is 6.84. The fourth-order valence-electron chi connectivity index (χ4n) is 1.98. The Morgan fingerprint density at radius 3 is 2.25 bits per heavy atom. The summed E-state index contributed by atoms with van der Waals surface area (Å²) in [6.45, 7) is 10.5. The highest BCUT2D eigenvalue weighted by Crippen LogP contribution is 2.37. The van der Waals surface area contributed by atoms with E-state index in [1.54, 1.807) is 13.2 Å². The maximum Gasteiger partial charge on any atom is 0.500 e. The molecule has 2 heterocycles. The second kappa shape index (κ2) is 5.26. The summed E-state index contributed by atoms with van der Waals surface area (Å²) in [6.07, 6.45) is 0. The van der Waals surface area contributed by atoms with Crippen molar-refractivity contribution < 1.29 is 18.8 Å². The van der Waals surface area contributed by atoms with Gasteiger partial charge in [0.15, 0.2) is 0 Å².